The minimum Gasteiger partial charge on any atom is -0.404 e. The number of allylic oxidation sites excluding steroid dienone is 2. The third-order valence-electron chi connectivity index (χ3n) is 4.19. The van der Waals surface area contributed by atoms with Gasteiger partial charge in [0.15, 0.2) is 0 Å². The second-order valence-corrected chi connectivity index (χ2v) is 6.49. The van der Waals surface area contributed by atoms with Crippen molar-refractivity contribution >= 4 is 5.91 Å². The summed E-state index contributed by atoms with van der Waals surface area (Å²) in [4.78, 5) is 14.5. The zero-order chi connectivity index (χ0) is 16.9. The second kappa shape index (κ2) is 8.19. The van der Waals surface area contributed by atoms with Crippen molar-refractivity contribution < 1.29 is 9.90 Å². The van der Waals surface area contributed by atoms with E-state index in [-0.39, 0.29) is 36.1 Å². The topological polar surface area (TPSA) is 105 Å². The van der Waals surface area contributed by atoms with Crippen LogP contribution in [0.15, 0.2) is 23.5 Å². The fourth-order valence-corrected chi connectivity index (χ4v) is 2.58. The maximum Gasteiger partial charge on any atom is 0.267 e. The molecule has 0 aromatic heterocycles. The Labute approximate surface area is 133 Å². The highest BCUT2D eigenvalue weighted by Gasteiger charge is 2.34. The molecule has 0 radical (unpaired) electrons. The van der Waals surface area contributed by atoms with Crippen LogP contribution in [0.3, 0.4) is 0 Å². The predicted molar refractivity (Wildman–Crippen MR) is 88.6 cm³/mol. The molecule has 0 spiro atoms. The molecular formula is C16H30N4O2. The number of hydrogen-bond acceptors (Lipinski definition) is 5. The van der Waals surface area contributed by atoms with Gasteiger partial charge in [0, 0.05) is 37.7 Å². The normalized spacial score (nSPS) is 24.3. The minimum absolute atomic E-state index is 0.0359. The first-order valence-electron chi connectivity index (χ1n) is 7.84. The smallest absolute Gasteiger partial charge is 0.267 e. The summed E-state index contributed by atoms with van der Waals surface area (Å²) in [6, 6.07) is 0.299. The largest absolute Gasteiger partial charge is 0.404 e. The highest BCUT2D eigenvalue weighted by Crippen LogP contribution is 2.19. The highest BCUT2D eigenvalue weighted by molar-refractivity contribution is 5.93. The fourth-order valence-electron chi connectivity index (χ4n) is 2.58. The molecule has 0 bridgehead atoms. The van der Waals surface area contributed by atoms with Crippen LogP contribution in [-0.4, -0.2) is 47.7 Å². The van der Waals surface area contributed by atoms with Gasteiger partial charge in [0.1, 0.15) is 0 Å². The molecule has 1 saturated heterocycles. The average molecular weight is 310 g/mol. The van der Waals surface area contributed by atoms with Gasteiger partial charge in [-0.3, -0.25) is 9.69 Å². The van der Waals surface area contributed by atoms with E-state index in [1.54, 1.807) is 6.08 Å². The van der Waals surface area contributed by atoms with E-state index < -0.39 is 0 Å². The molecule has 6 N–H and O–H groups in total. The Morgan fingerprint density at radius 3 is 2.45 bits per heavy atom. The summed E-state index contributed by atoms with van der Waals surface area (Å²) in [6.07, 6.45) is 3.08. The number of nitrogens with zero attached hydrogens (tertiary/aromatic N) is 1. The molecule has 0 aromatic rings. The summed E-state index contributed by atoms with van der Waals surface area (Å²) < 4.78 is 0. The van der Waals surface area contributed by atoms with E-state index in [2.05, 4.69) is 24.1 Å². The van der Waals surface area contributed by atoms with E-state index in [1.807, 2.05) is 13.8 Å². The Bertz CT molecular complexity index is 443. The Balaban J connectivity index is 2.73. The number of likely N-dealkylation sites (tertiary alicyclic amines) is 1. The lowest BCUT2D eigenvalue weighted by Gasteiger charge is -2.20. The zero-order valence-corrected chi connectivity index (χ0v) is 14.0. The van der Waals surface area contributed by atoms with Gasteiger partial charge in [-0.2, -0.15) is 0 Å². The number of carbonyl (C=O) groups is 1. The van der Waals surface area contributed by atoms with Crippen LogP contribution in [0.5, 0.6) is 0 Å². The van der Waals surface area contributed by atoms with Crippen LogP contribution in [0.1, 0.15) is 27.7 Å². The maximum atomic E-state index is 12.2. The molecule has 0 aromatic carbocycles. The molecule has 0 aliphatic carbocycles. The second-order valence-electron chi connectivity index (χ2n) is 6.49. The van der Waals surface area contributed by atoms with Crippen LogP contribution in [0, 0.1) is 11.8 Å². The summed E-state index contributed by atoms with van der Waals surface area (Å²) in [6.45, 7) is 9.74. The molecule has 2 unspecified atom stereocenters. The summed E-state index contributed by atoms with van der Waals surface area (Å²) in [5.74, 6) is -0.0766. The average Bonchev–Trinajstić information content (AvgIpc) is 2.87. The van der Waals surface area contributed by atoms with Crippen molar-refractivity contribution in [2.45, 2.75) is 39.8 Å². The monoisotopic (exact) mass is 310 g/mol. The van der Waals surface area contributed by atoms with Crippen molar-refractivity contribution in [1.82, 2.24) is 10.2 Å². The molecule has 126 valence electrons. The molecular weight excluding hydrogens is 280 g/mol. The minimum atomic E-state index is -0.311. The van der Waals surface area contributed by atoms with Gasteiger partial charge >= 0.3 is 0 Å². The Morgan fingerprint density at radius 2 is 2.00 bits per heavy atom. The van der Waals surface area contributed by atoms with Crippen molar-refractivity contribution in [1.29, 1.82) is 0 Å². The van der Waals surface area contributed by atoms with Crippen LogP contribution in [0.2, 0.25) is 0 Å². The number of nitrogens with two attached hydrogens (primary N) is 2. The SMILES string of the molecule is CC(C)C(/C=C(\N)C(=O)NC1CN(C(C)C)CC1CO)=C/N. The number of carbonyl (C=O) groups excluding carboxylic acids is 1. The van der Waals surface area contributed by atoms with Gasteiger partial charge in [-0.05, 0) is 37.6 Å². The van der Waals surface area contributed by atoms with Crippen molar-refractivity contribution in [2.24, 2.45) is 23.3 Å². The molecule has 1 amide bonds. The Morgan fingerprint density at radius 1 is 1.36 bits per heavy atom. The van der Waals surface area contributed by atoms with Crippen LogP contribution >= 0.6 is 0 Å². The number of rotatable bonds is 6. The lowest BCUT2D eigenvalue weighted by atomic mass is 10.0. The predicted octanol–water partition coefficient (Wildman–Crippen LogP) is 0.145. The molecule has 2 atom stereocenters. The molecule has 1 rings (SSSR count). The number of hydrogen-bond donors (Lipinski definition) is 4. The number of nitrogens with one attached hydrogen (secondary N) is 1. The summed E-state index contributed by atoms with van der Waals surface area (Å²) in [7, 11) is 0. The first kappa shape index (κ1) is 18.5. The molecule has 1 heterocycles. The molecule has 22 heavy (non-hydrogen) atoms. The van der Waals surface area contributed by atoms with Crippen molar-refractivity contribution in [3.8, 4) is 0 Å². The van der Waals surface area contributed by atoms with Gasteiger partial charge in [-0.15, -0.1) is 0 Å². The van der Waals surface area contributed by atoms with Gasteiger partial charge in [-0.1, -0.05) is 13.8 Å². The molecule has 1 aliphatic rings. The van der Waals surface area contributed by atoms with Gasteiger partial charge in [0.2, 0.25) is 0 Å². The van der Waals surface area contributed by atoms with Crippen LogP contribution in [0.25, 0.3) is 0 Å². The fraction of sp³-hybridized carbons (Fsp3) is 0.688. The Kier molecular flexibility index (Phi) is 6.90. The van der Waals surface area contributed by atoms with Crippen molar-refractivity contribution in [3.63, 3.8) is 0 Å². The van der Waals surface area contributed by atoms with Crippen LogP contribution in [-0.2, 0) is 4.79 Å². The molecule has 6 nitrogen and oxygen atoms in total. The summed E-state index contributed by atoms with van der Waals surface area (Å²) >= 11 is 0. The molecule has 0 saturated carbocycles. The number of amides is 1. The quantitative estimate of drug-likeness (QED) is 0.413. The third kappa shape index (κ3) is 4.74. The van der Waals surface area contributed by atoms with Gasteiger partial charge in [0.05, 0.1) is 5.70 Å². The number of aliphatic hydroxyl groups is 1. The van der Waals surface area contributed by atoms with E-state index in [4.69, 9.17) is 11.5 Å². The summed E-state index contributed by atoms with van der Waals surface area (Å²) in [5, 5.41) is 12.4. The lowest BCUT2D eigenvalue weighted by Crippen LogP contribution is -2.43. The lowest BCUT2D eigenvalue weighted by molar-refractivity contribution is -0.118. The van der Waals surface area contributed by atoms with E-state index in [1.165, 1.54) is 6.20 Å². The molecule has 6 heteroatoms. The van der Waals surface area contributed by atoms with E-state index >= 15 is 0 Å². The van der Waals surface area contributed by atoms with E-state index in [9.17, 15) is 9.90 Å². The first-order chi connectivity index (χ1) is 10.3. The summed E-state index contributed by atoms with van der Waals surface area (Å²) in [5.41, 5.74) is 12.4. The standard InChI is InChI=1S/C16H30N4O2/c1-10(2)12(6-17)5-14(18)16(22)19-15-8-20(11(3)4)7-13(15)9-21/h5-6,10-11,13,15,21H,7-9,17-18H2,1-4H3,(H,19,22)/b12-6+,14-5-. The maximum absolute atomic E-state index is 12.2. The first-order valence-corrected chi connectivity index (χ1v) is 7.84. The molecule has 1 fully saturated rings. The zero-order valence-electron chi connectivity index (χ0n) is 14.0. The molecule has 1 aliphatic heterocycles. The van der Waals surface area contributed by atoms with Gasteiger partial charge < -0.3 is 21.9 Å². The Hall–Kier alpha value is -1.53. The van der Waals surface area contributed by atoms with E-state index in [0.29, 0.717) is 6.04 Å². The van der Waals surface area contributed by atoms with Gasteiger partial charge in [0.25, 0.3) is 5.91 Å². The van der Waals surface area contributed by atoms with Crippen LogP contribution in [0.4, 0.5) is 0 Å². The van der Waals surface area contributed by atoms with Crippen LogP contribution < -0.4 is 16.8 Å². The van der Waals surface area contributed by atoms with Crippen molar-refractivity contribution in [3.05, 3.63) is 23.5 Å². The van der Waals surface area contributed by atoms with E-state index in [0.717, 1.165) is 18.7 Å². The number of aliphatic hydroxyl groups excluding tert-OH is 1. The van der Waals surface area contributed by atoms with Gasteiger partial charge in [-0.25, -0.2) is 0 Å². The highest BCUT2D eigenvalue weighted by atomic mass is 16.3. The third-order valence-corrected chi connectivity index (χ3v) is 4.19. The van der Waals surface area contributed by atoms with Crippen molar-refractivity contribution in [2.75, 3.05) is 19.7 Å².